The third kappa shape index (κ3) is 4.82. The molecule has 0 saturated heterocycles. The predicted octanol–water partition coefficient (Wildman–Crippen LogP) is 3.49. The van der Waals surface area contributed by atoms with Crippen LogP contribution in [0.2, 0.25) is 0 Å². The number of aromatic nitrogens is 1. The summed E-state index contributed by atoms with van der Waals surface area (Å²) in [5, 5.41) is 0. The van der Waals surface area contributed by atoms with Crippen LogP contribution in [0.1, 0.15) is 28.5 Å². The van der Waals surface area contributed by atoms with Crippen LogP contribution in [0.5, 0.6) is 5.75 Å². The number of alkyl halides is 4. The molecule has 0 radical (unpaired) electrons. The first-order valence-corrected chi connectivity index (χ1v) is 9.04. The Bertz CT molecular complexity index is 998. The lowest BCUT2D eigenvalue weighted by atomic mass is 9.84. The first-order valence-electron chi connectivity index (χ1n) is 9.04. The molecule has 1 aromatic carbocycles. The highest BCUT2D eigenvalue weighted by atomic mass is 19.3. The number of Topliss-reactive ketones (excluding diaryl/α,β-unsaturated/α-hetero) is 1. The maximum atomic E-state index is 14.7. The summed E-state index contributed by atoms with van der Waals surface area (Å²) in [5.41, 5.74) is 2.99. The summed E-state index contributed by atoms with van der Waals surface area (Å²) in [6.45, 7) is -3.32. The lowest BCUT2D eigenvalue weighted by molar-refractivity contribution is -0.116. The minimum absolute atomic E-state index is 0.0610. The number of carbonyl (C=O) groups is 1. The lowest BCUT2D eigenvalue weighted by Crippen LogP contribution is -2.45. The number of benzene rings is 1. The van der Waals surface area contributed by atoms with Crippen LogP contribution in [0.25, 0.3) is 0 Å². The fourth-order valence-corrected chi connectivity index (χ4v) is 3.13. The number of amidine groups is 1. The zero-order chi connectivity index (χ0) is 22.8. The fraction of sp³-hybridized carbons (Fsp3) is 0.350. The second kappa shape index (κ2) is 8.58. The van der Waals surface area contributed by atoms with Gasteiger partial charge in [-0.2, -0.15) is 8.78 Å². The number of halogens is 5. The quantitative estimate of drug-likeness (QED) is 0.546. The number of ketones is 1. The number of aliphatic imine (C=N–C) groups is 1. The van der Waals surface area contributed by atoms with Crippen LogP contribution in [0, 0.1) is 5.82 Å². The third-order valence-electron chi connectivity index (χ3n) is 4.78. The summed E-state index contributed by atoms with van der Waals surface area (Å²) in [7, 11) is 0. The van der Waals surface area contributed by atoms with Gasteiger partial charge >= 0.3 is 6.61 Å². The van der Waals surface area contributed by atoms with Gasteiger partial charge in [0.15, 0.2) is 11.3 Å². The zero-order valence-electron chi connectivity index (χ0n) is 16.2. The van der Waals surface area contributed by atoms with Crippen LogP contribution in [0.3, 0.4) is 0 Å². The number of hydrogen-bond donors (Lipinski definition) is 1. The molecule has 1 aliphatic rings. The lowest BCUT2D eigenvalue weighted by Gasteiger charge is -2.33. The molecule has 2 N–H and O–H groups in total. The number of carbonyl (C=O) groups excluding carboxylic acids is 1. The van der Waals surface area contributed by atoms with Crippen LogP contribution in [0.15, 0.2) is 41.5 Å². The highest BCUT2D eigenvalue weighted by Gasteiger charge is 2.54. The van der Waals surface area contributed by atoms with Crippen LogP contribution in [0.4, 0.5) is 22.0 Å². The van der Waals surface area contributed by atoms with E-state index >= 15 is 0 Å². The molecular weight excluding hydrogens is 425 g/mol. The Morgan fingerprint density at radius 2 is 2.03 bits per heavy atom. The van der Waals surface area contributed by atoms with Crippen LogP contribution in [-0.2, 0) is 16.7 Å². The smallest absolute Gasteiger partial charge is 0.387 e. The average Bonchev–Trinajstić information content (AvgIpc) is 2.78. The van der Waals surface area contributed by atoms with Crippen LogP contribution >= 0.6 is 0 Å². The Hall–Kier alpha value is -3.08. The van der Waals surface area contributed by atoms with E-state index in [1.54, 1.807) is 0 Å². The van der Waals surface area contributed by atoms with E-state index in [1.165, 1.54) is 12.1 Å². The minimum atomic E-state index is -3.57. The largest absolute Gasteiger partial charge is 0.433 e. The molecule has 0 spiro atoms. The van der Waals surface area contributed by atoms with Crippen LogP contribution in [-0.4, -0.2) is 42.4 Å². The number of pyridine rings is 1. The van der Waals surface area contributed by atoms with E-state index in [0.29, 0.717) is 0 Å². The van der Waals surface area contributed by atoms with Crippen molar-refractivity contribution in [2.24, 2.45) is 10.7 Å². The Morgan fingerprint density at radius 3 is 2.68 bits per heavy atom. The Balaban J connectivity index is 1.89. The topological polar surface area (TPSA) is 86.8 Å². The second-order valence-electron chi connectivity index (χ2n) is 7.04. The molecule has 2 heterocycles. The SMILES string of the molecule is C[C@]1(c2cc(CC(=O)c3ccc(OC(F)F)cn3)ccc2F)N=C(N)COCC1(F)F. The van der Waals surface area contributed by atoms with Gasteiger partial charge in [-0.25, -0.2) is 18.2 Å². The van der Waals surface area contributed by atoms with Gasteiger partial charge in [-0.15, -0.1) is 0 Å². The van der Waals surface area contributed by atoms with Crippen LogP contribution < -0.4 is 10.5 Å². The normalized spacial score (nSPS) is 20.8. The predicted molar refractivity (Wildman–Crippen MR) is 100 cm³/mol. The van der Waals surface area contributed by atoms with Crippen molar-refractivity contribution >= 4 is 11.6 Å². The minimum Gasteiger partial charge on any atom is -0.433 e. The summed E-state index contributed by atoms with van der Waals surface area (Å²) in [6.07, 6.45) is 0.659. The molecule has 0 saturated carbocycles. The summed E-state index contributed by atoms with van der Waals surface area (Å²) >= 11 is 0. The summed E-state index contributed by atoms with van der Waals surface area (Å²) in [4.78, 5) is 20.0. The van der Waals surface area contributed by atoms with Crippen molar-refractivity contribution in [2.75, 3.05) is 13.2 Å². The summed E-state index contributed by atoms with van der Waals surface area (Å²) < 4.78 is 77.4. The monoisotopic (exact) mass is 443 g/mol. The van der Waals surface area contributed by atoms with Gasteiger partial charge in [0.2, 0.25) is 0 Å². The van der Waals surface area contributed by atoms with Gasteiger partial charge in [0.25, 0.3) is 5.92 Å². The zero-order valence-corrected chi connectivity index (χ0v) is 16.2. The highest BCUT2D eigenvalue weighted by molar-refractivity contribution is 5.95. The number of hydrogen-bond acceptors (Lipinski definition) is 6. The molecule has 0 fully saturated rings. The fourth-order valence-electron chi connectivity index (χ4n) is 3.13. The summed E-state index contributed by atoms with van der Waals surface area (Å²) in [6, 6.07) is 5.69. The van der Waals surface area contributed by atoms with Crippen molar-refractivity contribution in [1.82, 2.24) is 4.98 Å². The van der Waals surface area contributed by atoms with E-state index in [1.807, 2.05) is 0 Å². The van der Waals surface area contributed by atoms with E-state index in [0.717, 1.165) is 31.3 Å². The van der Waals surface area contributed by atoms with Crippen molar-refractivity contribution in [3.05, 3.63) is 59.2 Å². The van der Waals surface area contributed by atoms with Gasteiger partial charge in [-0.3, -0.25) is 9.79 Å². The van der Waals surface area contributed by atoms with Gasteiger partial charge in [0, 0.05) is 12.0 Å². The molecule has 166 valence electrons. The Morgan fingerprint density at radius 1 is 1.29 bits per heavy atom. The van der Waals surface area contributed by atoms with Crippen molar-refractivity contribution < 1.29 is 36.2 Å². The number of nitrogens with zero attached hydrogens (tertiary/aromatic N) is 2. The average molecular weight is 443 g/mol. The van der Waals surface area contributed by atoms with E-state index in [4.69, 9.17) is 10.5 Å². The Labute approximate surface area is 173 Å². The first kappa shape index (κ1) is 22.6. The molecule has 11 heteroatoms. The van der Waals surface area contributed by atoms with E-state index in [2.05, 4.69) is 14.7 Å². The Kier molecular flexibility index (Phi) is 6.25. The van der Waals surface area contributed by atoms with Crippen molar-refractivity contribution in [1.29, 1.82) is 0 Å². The maximum Gasteiger partial charge on any atom is 0.387 e. The van der Waals surface area contributed by atoms with Gasteiger partial charge in [-0.05, 0) is 36.8 Å². The second-order valence-corrected chi connectivity index (χ2v) is 7.04. The van der Waals surface area contributed by atoms with E-state index in [-0.39, 0.29) is 35.9 Å². The molecule has 1 atom stereocenters. The van der Waals surface area contributed by atoms with E-state index < -0.39 is 41.8 Å². The molecule has 0 amide bonds. The molecule has 3 rings (SSSR count). The van der Waals surface area contributed by atoms with Crippen molar-refractivity contribution in [3.63, 3.8) is 0 Å². The van der Waals surface area contributed by atoms with Gasteiger partial charge in [-0.1, -0.05) is 6.07 Å². The molecule has 31 heavy (non-hydrogen) atoms. The molecule has 1 aromatic heterocycles. The molecule has 0 unspecified atom stereocenters. The molecule has 1 aliphatic heterocycles. The standard InChI is InChI=1S/C20H18F5N3O3/c1-19(20(24,25)10-30-9-17(26)28-19)13-6-11(2-4-14(13)21)7-16(29)15-5-3-12(8-27-15)31-18(22)23/h2-6,8,18H,7,9-10H2,1H3,(H2,26,28)/t19-/m1/s1. The van der Waals surface area contributed by atoms with Crippen molar-refractivity contribution in [2.45, 2.75) is 31.4 Å². The van der Waals surface area contributed by atoms with Gasteiger partial charge in [0.1, 0.15) is 36.3 Å². The van der Waals surface area contributed by atoms with Crippen molar-refractivity contribution in [3.8, 4) is 5.75 Å². The summed E-state index contributed by atoms with van der Waals surface area (Å²) in [5.74, 6) is -5.49. The van der Waals surface area contributed by atoms with E-state index in [9.17, 15) is 26.7 Å². The maximum absolute atomic E-state index is 14.7. The molecular formula is C20H18F5N3O3. The van der Waals surface area contributed by atoms with Gasteiger partial charge < -0.3 is 15.2 Å². The molecule has 0 bridgehead atoms. The molecule has 6 nitrogen and oxygen atoms in total. The number of nitrogens with two attached hydrogens (primary N) is 1. The molecule has 2 aromatic rings. The van der Waals surface area contributed by atoms with Gasteiger partial charge in [0.05, 0.1) is 6.20 Å². The first-order chi connectivity index (χ1) is 14.5. The third-order valence-corrected chi connectivity index (χ3v) is 4.78. The molecule has 0 aliphatic carbocycles. The number of ether oxygens (including phenoxy) is 2. The highest BCUT2D eigenvalue weighted by Crippen LogP contribution is 2.43. The number of rotatable bonds is 6.